The van der Waals surface area contributed by atoms with Crippen LogP contribution in [-0.4, -0.2) is 41.8 Å². The number of nitrogens with one attached hydrogen (secondary N) is 2. The van der Waals surface area contributed by atoms with Crippen LogP contribution in [0.25, 0.3) is 10.9 Å². The number of ether oxygens (including phenoxy) is 1. The van der Waals surface area contributed by atoms with Crippen molar-refractivity contribution in [3.8, 4) is 0 Å². The zero-order chi connectivity index (χ0) is 19.2. The molecular weight excluding hydrogens is 365 g/mol. The number of rotatable bonds is 8. The van der Waals surface area contributed by atoms with E-state index in [0.29, 0.717) is 31.4 Å². The van der Waals surface area contributed by atoms with Gasteiger partial charge in [0.05, 0.1) is 19.4 Å². The average molecular weight is 389 g/mol. The van der Waals surface area contributed by atoms with Crippen molar-refractivity contribution in [2.24, 2.45) is 0 Å². The third-order valence-electron chi connectivity index (χ3n) is 4.51. The van der Waals surface area contributed by atoms with Crippen molar-refractivity contribution in [2.75, 3.05) is 26.8 Å². The van der Waals surface area contributed by atoms with E-state index >= 15 is 0 Å². The Morgan fingerprint density at radius 2 is 2.22 bits per heavy atom. The van der Waals surface area contributed by atoms with Crippen molar-refractivity contribution in [1.29, 1.82) is 0 Å². The molecule has 0 amide bonds. The molecule has 0 spiro atoms. The first-order chi connectivity index (χ1) is 13.1. The molecule has 2 aromatic heterocycles. The lowest BCUT2D eigenvalue weighted by Crippen LogP contribution is -2.41. The zero-order valence-corrected chi connectivity index (χ0v) is 16.4. The fraction of sp³-hybridized carbons (Fsp3) is 0.350. The molecular formula is C20H24FN3O2S. The first kappa shape index (κ1) is 19.4. The Balaban J connectivity index is 1.74. The number of fused-ring (bicyclic) bond motifs is 1. The number of furan rings is 1. The summed E-state index contributed by atoms with van der Waals surface area (Å²) in [6.45, 7) is 4.49. The number of H-pyrrole nitrogens is 1. The van der Waals surface area contributed by atoms with Crippen LogP contribution in [0.5, 0.6) is 0 Å². The van der Waals surface area contributed by atoms with E-state index in [1.165, 1.54) is 6.07 Å². The Morgan fingerprint density at radius 3 is 2.96 bits per heavy atom. The SMILES string of the molecule is COCCNC(=S)N(CCc1c(C)[nH]c2ccc(F)cc12)Cc1ccco1. The zero-order valence-electron chi connectivity index (χ0n) is 15.5. The lowest BCUT2D eigenvalue weighted by atomic mass is 10.1. The summed E-state index contributed by atoms with van der Waals surface area (Å²) in [5.41, 5.74) is 3.10. The van der Waals surface area contributed by atoms with Gasteiger partial charge in [0, 0.05) is 36.8 Å². The number of benzene rings is 1. The highest BCUT2D eigenvalue weighted by molar-refractivity contribution is 7.80. The van der Waals surface area contributed by atoms with E-state index in [9.17, 15) is 4.39 Å². The van der Waals surface area contributed by atoms with Gasteiger partial charge in [-0.05, 0) is 61.5 Å². The molecule has 0 aliphatic carbocycles. The van der Waals surface area contributed by atoms with Crippen molar-refractivity contribution in [2.45, 2.75) is 19.9 Å². The van der Waals surface area contributed by atoms with Gasteiger partial charge in [-0.1, -0.05) is 0 Å². The molecule has 0 unspecified atom stereocenters. The molecule has 2 heterocycles. The molecule has 0 aliphatic rings. The number of hydrogen-bond donors (Lipinski definition) is 2. The summed E-state index contributed by atoms with van der Waals surface area (Å²) >= 11 is 5.56. The van der Waals surface area contributed by atoms with E-state index < -0.39 is 0 Å². The summed E-state index contributed by atoms with van der Waals surface area (Å²) in [7, 11) is 1.66. The van der Waals surface area contributed by atoms with Crippen LogP contribution in [0.4, 0.5) is 4.39 Å². The summed E-state index contributed by atoms with van der Waals surface area (Å²) in [4.78, 5) is 5.38. The molecule has 0 saturated heterocycles. The average Bonchev–Trinajstić information content (AvgIpc) is 3.26. The molecule has 5 nitrogen and oxygen atoms in total. The molecule has 0 fully saturated rings. The first-order valence-electron chi connectivity index (χ1n) is 8.89. The number of thiocarbonyl (C=S) groups is 1. The molecule has 0 aliphatic heterocycles. The Morgan fingerprint density at radius 1 is 1.37 bits per heavy atom. The smallest absolute Gasteiger partial charge is 0.169 e. The Labute approximate surface area is 163 Å². The van der Waals surface area contributed by atoms with E-state index in [1.54, 1.807) is 25.5 Å². The van der Waals surface area contributed by atoms with Gasteiger partial charge in [-0.2, -0.15) is 0 Å². The van der Waals surface area contributed by atoms with Gasteiger partial charge in [-0.3, -0.25) is 0 Å². The molecule has 0 radical (unpaired) electrons. The number of aromatic nitrogens is 1. The van der Waals surface area contributed by atoms with Crippen LogP contribution in [0, 0.1) is 12.7 Å². The second kappa shape index (κ2) is 9.01. The fourth-order valence-corrected chi connectivity index (χ4v) is 3.40. The number of nitrogens with zero attached hydrogens (tertiary/aromatic N) is 1. The number of hydrogen-bond acceptors (Lipinski definition) is 3. The van der Waals surface area contributed by atoms with E-state index in [0.717, 1.165) is 34.3 Å². The van der Waals surface area contributed by atoms with Crippen molar-refractivity contribution < 1.29 is 13.5 Å². The van der Waals surface area contributed by atoms with Gasteiger partial charge in [0.25, 0.3) is 0 Å². The minimum absolute atomic E-state index is 0.230. The van der Waals surface area contributed by atoms with E-state index in [2.05, 4.69) is 15.2 Å². The van der Waals surface area contributed by atoms with Gasteiger partial charge in [0.1, 0.15) is 11.6 Å². The third kappa shape index (κ3) is 4.87. The maximum absolute atomic E-state index is 13.7. The van der Waals surface area contributed by atoms with Crippen LogP contribution < -0.4 is 5.32 Å². The molecule has 27 heavy (non-hydrogen) atoms. The highest BCUT2D eigenvalue weighted by Crippen LogP contribution is 2.24. The maximum Gasteiger partial charge on any atom is 0.169 e. The topological polar surface area (TPSA) is 53.4 Å². The van der Waals surface area contributed by atoms with E-state index in [-0.39, 0.29) is 5.82 Å². The van der Waals surface area contributed by atoms with E-state index in [1.807, 2.05) is 19.1 Å². The summed E-state index contributed by atoms with van der Waals surface area (Å²) in [6, 6.07) is 8.62. The lowest BCUT2D eigenvalue weighted by molar-refractivity contribution is 0.202. The molecule has 7 heteroatoms. The Kier molecular flexibility index (Phi) is 6.47. The highest BCUT2D eigenvalue weighted by Gasteiger charge is 2.15. The number of methoxy groups -OCH3 is 1. The number of aryl methyl sites for hydroxylation is 1. The van der Waals surface area contributed by atoms with Gasteiger partial charge < -0.3 is 24.4 Å². The standard InChI is InChI=1S/C20H24FN3O2S/c1-14-17(18-12-15(21)5-6-19(18)23-14)7-9-24(13-16-4-3-10-26-16)20(27)22-8-11-25-2/h3-6,10,12,23H,7-9,11,13H2,1-2H3,(H,22,27). The lowest BCUT2D eigenvalue weighted by Gasteiger charge is -2.25. The molecule has 0 bridgehead atoms. The van der Waals surface area contributed by atoms with Gasteiger partial charge in [-0.15, -0.1) is 0 Å². The minimum Gasteiger partial charge on any atom is -0.467 e. The van der Waals surface area contributed by atoms with Gasteiger partial charge in [0.15, 0.2) is 5.11 Å². The fourth-order valence-electron chi connectivity index (χ4n) is 3.14. The molecule has 144 valence electrons. The summed E-state index contributed by atoms with van der Waals surface area (Å²) in [6.07, 6.45) is 2.39. The van der Waals surface area contributed by atoms with Crippen molar-refractivity contribution >= 4 is 28.2 Å². The van der Waals surface area contributed by atoms with Crippen LogP contribution in [0.2, 0.25) is 0 Å². The van der Waals surface area contributed by atoms with Crippen LogP contribution in [-0.2, 0) is 17.7 Å². The second-order valence-corrected chi connectivity index (χ2v) is 6.78. The summed E-state index contributed by atoms with van der Waals surface area (Å²) < 4.78 is 24.2. The largest absolute Gasteiger partial charge is 0.467 e. The molecule has 2 N–H and O–H groups in total. The molecule has 0 atom stereocenters. The Hall–Kier alpha value is -2.38. The number of aromatic amines is 1. The quantitative estimate of drug-likeness (QED) is 0.454. The summed E-state index contributed by atoms with van der Waals surface area (Å²) in [5, 5.41) is 4.78. The normalized spacial score (nSPS) is 11.1. The number of halogens is 1. The minimum atomic E-state index is -0.230. The monoisotopic (exact) mass is 389 g/mol. The van der Waals surface area contributed by atoms with Crippen molar-refractivity contribution in [1.82, 2.24) is 15.2 Å². The Bertz CT molecular complexity index is 892. The van der Waals surface area contributed by atoms with Crippen LogP contribution >= 0.6 is 12.2 Å². The van der Waals surface area contributed by atoms with E-state index in [4.69, 9.17) is 21.4 Å². The van der Waals surface area contributed by atoms with Crippen LogP contribution in [0.1, 0.15) is 17.0 Å². The van der Waals surface area contributed by atoms with Gasteiger partial charge in [-0.25, -0.2) is 4.39 Å². The maximum atomic E-state index is 13.7. The van der Waals surface area contributed by atoms with Crippen LogP contribution in [0.3, 0.4) is 0 Å². The molecule has 3 rings (SSSR count). The second-order valence-electron chi connectivity index (χ2n) is 6.39. The molecule has 0 saturated carbocycles. The van der Waals surface area contributed by atoms with Gasteiger partial charge in [0.2, 0.25) is 0 Å². The molecule has 3 aromatic rings. The van der Waals surface area contributed by atoms with Gasteiger partial charge >= 0.3 is 0 Å². The molecule has 1 aromatic carbocycles. The summed E-state index contributed by atoms with van der Waals surface area (Å²) in [5.74, 6) is 0.611. The van der Waals surface area contributed by atoms with Crippen molar-refractivity contribution in [3.05, 3.63) is 59.4 Å². The predicted octanol–water partition coefficient (Wildman–Crippen LogP) is 3.77. The highest BCUT2D eigenvalue weighted by atomic mass is 32.1. The van der Waals surface area contributed by atoms with Crippen molar-refractivity contribution in [3.63, 3.8) is 0 Å². The van der Waals surface area contributed by atoms with Crippen LogP contribution in [0.15, 0.2) is 41.0 Å². The third-order valence-corrected chi connectivity index (χ3v) is 4.91. The predicted molar refractivity (Wildman–Crippen MR) is 108 cm³/mol. The first-order valence-corrected chi connectivity index (χ1v) is 9.30.